The van der Waals surface area contributed by atoms with Gasteiger partial charge in [0.15, 0.2) is 0 Å². The zero-order valence-electron chi connectivity index (χ0n) is 6.60. The van der Waals surface area contributed by atoms with Gasteiger partial charge in [0.05, 0.1) is 10.7 Å². The molecule has 0 aliphatic rings. The second-order valence-corrected chi connectivity index (χ2v) is 2.83. The van der Waals surface area contributed by atoms with E-state index in [2.05, 4.69) is 5.32 Å². The summed E-state index contributed by atoms with van der Waals surface area (Å²) < 4.78 is 0. The van der Waals surface area contributed by atoms with Gasteiger partial charge >= 0.3 is 0 Å². The first kappa shape index (κ1) is 8.87. The highest BCUT2D eigenvalue weighted by molar-refractivity contribution is 6.34. The van der Waals surface area contributed by atoms with E-state index in [0.717, 1.165) is 0 Å². The van der Waals surface area contributed by atoms with E-state index >= 15 is 0 Å². The quantitative estimate of drug-likeness (QED) is 0.655. The minimum absolute atomic E-state index is 0.151. The van der Waals surface area contributed by atoms with Crippen LogP contribution >= 0.6 is 11.6 Å². The number of amides is 1. The highest BCUT2D eigenvalue weighted by Crippen LogP contribution is 2.23. The van der Waals surface area contributed by atoms with E-state index in [1.165, 1.54) is 6.92 Å². The zero-order valence-corrected chi connectivity index (χ0v) is 7.35. The third-order valence-corrected chi connectivity index (χ3v) is 1.62. The van der Waals surface area contributed by atoms with Crippen LogP contribution in [0.4, 0.5) is 11.4 Å². The van der Waals surface area contributed by atoms with Crippen LogP contribution in [0.1, 0.15) is 6.92 Å². The predicted molar refractivity (Wildman–Crippen MR) is 50.2 cm³/mol. The average Bonchev–Trinajstić information content (AvgIpc) is 1.94. The van der Waals surface area contributed by atoms with Crippen LogP contribution in [0.3, 0.4) is 0 Å². The summed E-state index contributed by atoms with van der Waals surface area (Å²) in [5.74, 6) is -0.151. The Morgan fingerprint density at radius 3 is 2.75 bits per heavy atom. The van der Waals surface area contributed by atoms with Crippen molar-refractivity contribution in [3.63, 3.8) is 0 Å². The summed E-state index contributed by atoms with van der Waals surface area (Å²) >= 11 is 5.78. The number of nitrogen functional groups attached to an aromatic ring is 1. The number of carbonyl (C=O) groups excluding carboxylic acids is 1. The minimum atomic E-state index is -0.151. The number of halogens is 1. The molecule has 3 N–H and O–H groups in total. The molecule has 0 spiro atoms. The fourth-order valence-corrected chi connectivity index (χ4v) is 1.06. The van der Waals surface area contributed by atoms with Crippen molar-refractivity contribution in [2.45, 2.75) is 6.92 Å². The summed E-state index contributed by atoms with van der Waals surface area (Å²) in [4.78, 5) is 10.6. The SMILES string of the molecule is CC(=O)Nc1ccc(N)cc1Cl. The monoisotopic (exact) mass is 184 g/mol. The van der Waals surface area contributed by atoms with Crippen LogP contribution in [0.25, 0.3) is 0 Å². The molecule has 0 fully saturated rings. The van der Waals surface area contributed by atoms with Crippen LogP contribution in [0.2, 0.25) is 5.02 Å². The van der Waals surface area contributed by atoms with E-state index in [1.54, 1.807) is 18.2 Å². The second-order valence-electron chi connectivity index (χ2n) is 2.42. The van der Waals surface area contributed by atoms with Gasteiger partial charge in [-0.25, -0.2) is 0 Å². The molecule has 0 bridgehead atoms. The molecule has 0 saturated carbocycles. The Bertz CT molecular complexity index is 312. The van der Waals surface area contributed by atoms with E-state index in [4.69, 9.17) is 17.3 Å². The van der Waals surface area contributed by atoms with E-state index < -0.39 is 0 Å². The molecule has 0 unspecified atom stereocenters. The molecule has 0 saturated heterocycles. The van der Waals surface area contributed by atoms with Crippen LogP contribution in [-0.2, 0) is 4.79 Å². The Hall–Kier alpha value is -1.22. The highest BCUT2D eigenvalue weighted by Gasteiger charge is 2.00. The second kappa shape index (κ2) is 3.45. The lowest BCUT2D eigenvalue weighted by Gasteiger charge is -2.04. The van der Waals surface area contributed by atoms with Crippen molar-refractivity contribution >= 4 is 28.9 Å². The van der Waals surface area contributed by atoms with Crippen molar-refractivity contribution in [3.8, 4) is 0 Å². The largest absolute Gasteiger partial charge is 0.399 e. The van der Waals surface area contributed by atoms with Crippen molar-refractivity contribution < 1.29 is 4.79 Å². The van der Waals surface area contributed by atoms with E-state index in [-0.39, 0.29) is 5.91 Å². The molecule has 0 atom stereocenters. The highest BCUT2D eigenvalue weighted by atomic mass is 35.5. The number of anilines is 2. The van der Waals surface area contributed by atoms with Crippen molar-refractivity contribution in [1.29, 1.82) is 0 Å². The molecule has 12 heavy (non-hydrogen) atoms. The molecule has 1 amide bonds. The van der Waals surface area contributed by atoms with Crippen LogP contribution in [-0.4, -0.2) is 5.91 Å². The third-order valence-electron chi connectivity index (χ3n) is 1.30. The Kier molecular flexibility index (Phi) is 2.55. The van der Waals surface area contributed by atoms with Gasteiger partial charge in [0.25, 0.3) is 0 Å². The van der Waals surface area contributed by atoms with Crippen LogP contribution in [0, 0.1) is 0 Å². The fraction of sp³-hybridized carbons (Fsp3) is 0.125. The van der Waals surface area contributed by atoms with Gasteiger partial charge in [-0.2, -0.15) is 0 Å². The lowest BCUT2D eigenvalue weighted by molar-refractivity contribution is -0.114. The topological polar surface area (TPSA) is 55.1 Å². The van der Waals surface area contributed by atoms with Gasteiger partial charge < -0.3 is 11.1 Å². The zero-order chi connectivity index (χ0) is 9.14. The Balaban J connectivity index is 2.93. The predicted octanol–water partition coefficient (Wildman–Crippen LogP) is 1.88. The number of benzene rings is 1. The Morgan fingerprint density at radius 1 is 1.58 bits per heavy atom. The van der Waals surface area contributed by atoms with Gasteiger partial charge in [-0.05, 0) is 18.2 Å². The summed E-state index contributed by atoms with van der Waals surface area (Å²) in [5, 5.41) is 3.02. The minimum Gasteiger partial charge on any atom is -0.399 e. The standard InChI is InChI=1S/C8H9ClN2O/c1-5(12)11-8-3-2-6(10)4-7(8)9/h2-4H,10H2,1H3,(H,11,12). The number of carbonyl (C=O) groups is 1. The fourth-order valence-electron chi connectivity index (χ4n) is 0.822. The molecule has 1 rings (SSSR count). The van der Waals surface area contributed by atoms with E-state index in [9.17, 15) is 4.79 Å². The first-order valence-electron chi connectivity index (χ1n) is 3.42. The van der Waals surface area contributed by atoms with Crippen LogP contribution < -0.4 is 11.1 Å². The Morgan fingerprint density at radius 2 is 2.25 bits per heavy atom. The number of hydrogen-bond donors (Lipinski definition) is 2. The number of hydrogen-bond acceptors (Lipinski definition) is 2. The molecule has 1 aromatic carbocycles. The van der Waals surface area contributed by atoms with Crippen molar-refractivity contribution in [2.75, 3.05) is 11.1 Å². The lowest BCUT2D eigenvalue weighted by Crippen LogP contribution is -2.06. The molecule has 4 heteroatoms. The maximum absolute atomic E-state index is 10.6. The third kappa shape index (κ3) is 2.13. The van der Waals surface area contributed by atoms with E-state index in [1.807, 2.05) is 0 Å². The molecular formula is C8H9ClN2O. The van der Waals surface area contributed by atoms with Crippen molar-refractivity contribution in [3.05, 3.63) is 23.2 Å². The number of nitrogens with one attached hydrogen (secondary N) is 1. The summed E-state index contributed by atoms with van der Waals surface area (Å²) in [7, 11) is 0. The number of rotatable bonds is 1. The average molecular weight is 185 g/mol. The van der Waals surface area contributed by atoms with Gasteiger partial charge in [-0.3, -0.25) is 4.79 Å². The van der Waals surface area contributed by atoms with Crippen molar-refractivity contribution in [2.24, 2.45) is 0 Å². The molecule has 64 valence electrons. The smallest absolute Gasteiger partial charge is 0.221 e. The maximum Gasteiger partial charge on any atom is 0.221 e. The summed E-state index contributed by atoms with van der Waals surface area (Å²) in [5.41, 5.74) is 6.62. The molecule has 0 aliphatic heterocycles. The molecule has 0 heterocycles. The first-order valence-corrected chi connectivity index (χ1v) is 3.80. The van der Waals surface area contributed by atoms with Gasteiger partial charge in [-0.1, -0.05) is 11.6 Å². The molecule has 1 aromatic rings. The summed E-state index contributed by atoms with van der Waals surface area (Å²) in [6.45, 7) is 1.42. The van der Waals surface area contributed by atoms with Crippen LogP contribution in [0.5, 0.6) is 0 Å². The lowest BCUT2D eigenvalue weighted by atomic mass is 10.3. The molecule has 0 radical (unpaired) electrons. The van der Waals surface area contributed by atoms with Gasteiger partial charge in [-0.15, -0.1) is 0 Å². The normalized spacial score (nSPS) is 9.50. The Labute approximate surface area is 75.5 Å². The van der Waals surface area contributed by atoms with Crippen LogP contribution in [0.15, 0.2) is 18.2 Å². The van der Waals surface area contributed by atoms with Gasteiger partial charge in [0, 0.05) is 12.6 Å². The maximum atomic E-state index is 10.6. The van der Waals surface area contributed by atoms with E-state index in [0.29, 0.717) is 16.4 Å². The molecule has 0 aromatic heterocycles. The molecule has 0 aliphatic carbocycles. The first-order chi connectivity index (χ1) is 5.59. The summed E-state index contributed by atoms with van der Waals surface area (Å²) in [6, 6.07) is 4.93. The number of nitrogens with two attached hydrogens (primary N) is 1. The van der Waals surface area contributed by atoms with Gasteiger partial charge in [0.1, 0.15) is 0 Å². The summed E-state index contributed by atoms with van der Waals surface area (Å²) in [6.07, 6.45) is 0. The van der Waals surface area contributed by atoms with Crippen molar-refractivity contribution in [1.82, 2.24) is 0 Å². The molecular weight excluding hydrogens is 176 g/mol. The van der Waals surface area contributed by atoms with Gasteiger partial charge in [0.2, 0.25) is 5.91 Å². The molecule has 3 nitrogen and oxygen atoms in total.